The lowest BCUT2D eigenvalue weighted by molar-refractivity contribution is 0.927. The molecule has 0 saturated heterocycles. The van der Waals surface area contributed by atoms with Gasteiger partial charge in [0, 0.05) is 27.7 Å². The zero-order valence-electron chi connectivity index (χ0n) is 9.97. The van der Waals surface area contributed by atoms with E-state index in [1.807, 2.05) is 19.9 Å². The van der Waals surface area contributed by atoms with Crippen LogP contribution in [0.2, 0.25) is 15.2 Å². The van der Waals surface area contributed by atoms with Crippen LogP contribution in [0.5, 0.6) is 0 Å². The van der Waals surface area contributed by atoms with Crippen LogP contribution in [0.3, 0.4) is 0 Å². The van der Waals surface area contributed by atoms with Gasteiger partial charge in [-0.2, -0.15) is 0 Å². The van der Waals surface area contributed by atoms with Crippen LogP contribution in [-0.4, -0.2) is 9.97 Å². The number of hydrogen-bond donors (Lipinski definition) is 0. The van der Waals surface area contributed by atoms with Crippen LogP contribution in [0.25, 0.3) is 0 Å². The average Bonchev–Trinajstić information content (AvgIpc) is 2.31. The van der Waals surface area contributed by atoms with Crippen molar-refractivity contribution in [3.05, 3.63) is 56.0 Å². The van der Waals surface area contributed by atoms with Crippen LogP contribution >= 0.6 is 34.8 Å². The van der Waals surface area contributed by atoms with Crippen molar-refractivity contribution in [3.8, 4) is 0 Å². The third-order valence-corrected chi connectivity index (χ3v) is 3.85. The van der Waals surface area contributed by atoms with E-state index in [1.54, 1.807) is 12.1 Å². The van der Waals surface area contributed by atoms with Crippen molar-refractivity contribution < 1.29 is 0 Å². The molecule has 0 radical (unpaired) electrons. The topological polar surface area (TPSA) is 25.8 Å². The molecular weight excluding hydrogens is 291 g/mol. The molecule has 18 heavy (non-hydrogen) atoms. The van der Waals surface area contributed by atoms with Crippen LogP contribution in [0.4, 0.5) is 0 Å². The van der Waals surface area contributed by atoms with E-state index < -0.39 is 0 Å². The number of nitrogens with zero attached hydrogens (tertiary/aromatic N) is 2. The van der Waals surface area contributed by atoms with Crippen molar-refractivity contribution in [3.63, 3.8) is 0 Å². The maximum Gasteiger partial charge on any atom is 0.135 e. The molecule has 0 spiro atoms. The lowest BCUT2D eigenvalue weighted by atomic mass is 10.1. The molecule has 0 unspecified atom stereocenters. The number of halogens is 3. The third kappa shape index (κ3) is 2.77. The first kappa shape index (κ1) is 13.6. The van der Waals surface area contributed by atoms with Gasteiger partial charge in [-0.1, -0.05) is 40.9 Å². The minimum atomic E-state index is 0.472. The normalized spacial score (nSPS) is 10.7. The third-order valence-electron chi connectivity index (χ3n) is 2.77. The molecule has 0 aliphatic rings. The molecule has 5 heteroatoms. The Labute approximate surface area is 121 Å². The number of rotatable bonds is 2. The first-order chi connectivity index (χ1) is 8.49. The fourth-order valence-electron chi connectivity index (χ4n) is 1.59. The Kier molecular flexibility index (Phi) is 4.10. The fourth-order valence-corrected chi connectivity index (χ4v) is 2.35. The Bertz CT molecular complexity index is 554. The van der Waals surface area contributed by atoms with E-state index in [9.17, 15) is 0 Å². The van der Waals surface area contributed by atoms with Gasteiger partial charge in [0.2, 0.25) is 0 Å². The maximum atomic E-state index is 6.12. The lowest BCUT2D eigenvalue weighted by Gasteiger charge is -2.08. The summed E-state index contributed by atoms with van der Waals surface area (Å²) in [5.74, 6) is 0.623. The number of benzene rings is 1. The highest BCUT2D eigenvalue weighted by atomic mass is 35.5. The molecule has 0 fully saturated rings. The molecule has 0 aliphatic carbocycles. The largest absolute Gasteiger partial charge is 0.238 e. The second-order valence-electron chi connectivity index (χ2n) is 4.02. The summed E-state index contributed by atoms with van der Waals surface area (Å²) in [6.07, 6.45) is 0.472. The summed E-state index contributed by atoms with van der Waals surface area (Å²) in [4.78, 5) is 8.65. The average molecular weight is 302 g/mol. The number of hydrogen-bond acceptors (Lipinski definition) is 2. The van der Waals surface area contributed by atoms with Crippen molar-refractivity contribution in [2.75, 3.05) is 0 Å². The molecular formula is C13H11Cl3N2. The molecule has 0 aliphatic heterocycles. The molecule has 0 saturated carbocycles. The Morgan fingerprint density at radius 2 is 1.61 bits per heavy atom. The second-order valence-corrected chi connectivity index (χ2v) is 5.19. The first-order valence-electron chi connectivity index (χ1n) is 5.41. The molecule has 0 amide bonds. The monoisotopic (exact) mass is 300 g/mol. The van der Waals surface area contributed by atoms with Gasteiger partial charge in [-0.15, -0.1) is 0 Å². The lowest BCUT2D eigenvalue weighted by Crippen LogP contribution is -2.02. The van der Waals surface area contributed by atoms with E-state index in [1.165, 1.54) is 0 Å². The highest BCUT2D eigenvalue weighted by Gasteiger charge is 2.11. The van der Waals surface area contributed by atoms with Crippen molar-refractivity contribution in [2.45, 2.75) is 20.3 Å². The van der Waals surface area contributed by atoms with E-state index in [2.05, 4.69) is 9.97 Å². The first-order valence-corrected chi connectivity index (χ1v) is 6.55. The van der Waals surface area contributed by atoms with Crippen molar-refractivity contribution in [2.24, 2.45) is 0 Å². The molecule has 0 atom stereocenters. The van der Waals surface area contributed by atoms with E-state index in [-0.39, 0.29) is 0 Å². The van der Waals surface area contributed by atoms with E-state index >= 15 is 0 Å². The summed E-state index contributed by atoms with van der Waals surface area (Å²) < 4.78 is 0. The SMILES string of the molecule is Cc1nc(Cc2c(Cl)cccc2Cl)nc(Cl)c1C. The molecule has 94 valence electrons. The summed E-state index contributed by atoms with van der Waals surface area (Å²) in [5, 5.41) is 1.70. The summed E-state index contributed by atoms with van der Waals surface area (Å²) in [6, 6.07) is 5.40. The summed E-state index contributed by atoms with van der Waals surface area (Å²) >= 11 is 18.3. The molecule has 1 aromatic carbocycles. The van der Waals surface area contributed by atoms with Gasteiger partial charge in [0.05, 0.1) is 0 Å². The Morgan fingerprint density at radius 1 is 1.00 bits per heavy atom. The summed E-state index contributed by atoms with van der Waals surface area (Å²) in [7, 11) is 0. The molecule has 1 aromatic heterocycles. The molecule has 1 heterocycles. The van der Waals surface area contributed by atoms with E-state index in [0.717, 1.165) is 16.8 Å². The Balaban J connectivity index is 2.41. The predicted molar refractivity (Wildman–Crippen MR) is 75.8 cm³/mol. The van der Waals surface area contributed by atoms with Crippen molar-refractivity contribution in [1.82, 2.24) is 9.97 Å². The molecule has 0 bridgehead atoms. The van der Waals surface area contributed by atoms with Gasteiger partial charge in [0.25, 0.3) is 0 Å². The Morgan fingerprint density at radius 3 is 2.17 bits per heavy atom. The highest BCUT2D eigenvalue weighted by molar-refractivity contribution is 6.36. The van der Waals surface area contributed by atoms with Crippen LogP contribution in [0.1, 0.15) is 22.6 Å². The van der Waals surface area contributed by atoms with E-state index in [4.69, 9.17) is 34.8 Å². The van der Waals surface area contributed by atoms with E-state index in [0.29, 0.717) is 27.4 Å². The minimum absolute atomic E-state index is 0.472. The van der Waals surface area contributed by atoms with Crippen LogP contribution in [0.15, 0.2) is 18.2 Å². The van der Waals surface area contributed by atoms with Gasteiger partial charge in [-0.25, -0.2) is 9.97 Å². The standard InChI is InChI=1S/C13H11Cl3N2/c1-7-8(2)17-12(18-13(7)16)6-9-10(14)4-3-5-11(9)15/h3-5H,6H2,1-2H3. The highest BCUT2D eigenvalue weighted by Crippen LogP contribution is 2.26. The van der Waals surface area contributed by atoms with Gasteiger partial charge >= 0.3 is 0 Å². The van der Waals surface area contributed by atoms with Crippen molar-refractivity contribution in [1.29, 1.82) is 0 Å². The quantitative estimate of drug-likeness (QED) is 0.755. The van der Waals surface area contributed by atoms with Crippen LogP contribution in [-0.2, 0) is 6.42 Å². The maximum absolute atomic E-state index is 6.12. The van der Waals surface area contributed by atoms with Crippen LogP contribution in [0, 0.1) is 13.8 Å². The van der Waals surface area contributed by atoms with Gasteiger partial charge in [-0.05, 0) is 31.5 Å². The summed E-state index contributed by atoms with van der Waals surface area (Å²) in [5.41, 5.74) is 2.58. The minimum Gasteiger partial charge on any atom is -0.238 e. The molecule has 0 N–H and O–H groups in total. The van der Waals surface area contributed by atoms with Crippen LogP contribution < -0.4 is 0 Å². The van der Waals surface area contributed by atoms with Gasteiger partial charge in [0.1, 0.15) is 11.0 Å². The van der Waals surface area contributed by atoms with Crippen molar-refractivity contribution >= 4 is 34.8 Å². The van der Waals surface area contributed by atoms with Gasteiger partial charge in [0.15, 0.2) is 0 Å². The molecule has 2 aromatic rings. The predicted octanol–water partition coefficient (Wildman–Crippen LogP) is 4.64. The zero-order chi connectivity index (χ0) is 13.3. The number of aromatic nitrogens is 2. The molecule has 2 rings (SSSR count). The zero-order valence-corrected chi connectivity index (χ0v) is 12.2. The summed E-state index contributed by atoms with van der Waals surface area (Å²) in [6.45, 7) is 3.80. The second kappa shape index (κ2) is 5.43. The number of aryl methyl sites for hydroxylation is 1. The fraction of sp³-hybridized carbons (Fsp3) is 0.231. The molecule has 2 nitrogen and oxygen atoms in total. The van der Waals surface area contributed by atoms with Gasteiger partial charge < -0.3 is 0 Å². The smallest absolute Gasteiger partial charge is 0.135 e. The Hall–Kier alpha value is -0.830. The van der Waals surface area contributed by atoms with Gasteiger partial charge in [-0.3, -0.25) is 0 Å².